The van der Waals surface area contributed by atoms with Gasteiger partial charge in [0.2, 0.25) is 0 Å². The van der Waals surface area contributed by atoms with Crippen LogP contribution in [0.25, 0.3) is 0 Å². The highest BCUT2D eigenvalue weighted by Crippen LogP contribution is 2.28. The molecule has 1 aromatic carbocycles. The second-order valence-electron chi connectivity index (χ2n) is 3.89. The Morgan fingerprint density at radius 3 is 2.50 bits per heavy atom. The molecule has 0 bridgehead atoms. The molecule has 0 aliphatic rings. The van der Waals surface area contributed by atoms with Crippen molar-refractivity contribution in [3.8, 4) is 5.75 Å². The lowest BCUT2D eigenvalue weighted by Gasteiger charge is -2.17. The number of hydrogen-bond acceptors (Lipinski definition) is 2. The van der Waals surface area contributed by atoms with Crippen LogP contribution in [0.2, 0.25) is 0 Å². The summed E-state index contributed by atoms with van der Waals surface area (Å²) in [6.45, 7) is 4.29. The summed E-state index contributed by atoms with van der Waals surface area (Å²) in [6.07, 6.45) is 1.04. The van der Waals surface area contributed by atoms with E-state index in [1.807, 2.05) is 25.2 Å². The Hall–Kier alpha value is -1.02. The minimum absolute atomic E-state index is 0.388. The zero-order valence-electron chi connectivity index (χ0n) is 9.12. The summed E-state index contributed by atoms with van der Waals surface area (Å²) in [5.41, 5.74) is 1.04. The quantitative estimate of drug-likeness (QED) is 0.770. The molecule has 2 unspecified atom stereocenters. The van der Waals surface area contributed by atoms with E-state index in [-0.39, 0.29) is 0 Å². The molecular formula is C12H19NO. The molecule has 2 nitrogen and oxygen atoms in total. The Bertz CT molecular complexity index is 285. The van der Waals surface area contributed by atoms with Gasteiger partial charge in [0.1, 0.15) is 5.75 Å². The lowest BCUT2D eigenvalue weighted by Crippen LogP contribution is -2.22. The number of hydrogen-bond donors (Lipinski definition) is 2. The molecule has 0 amide bonds. The molecule has 0 radical (unpaired) electrons. The van der Waals surface area contributed by atoms with Crippen molar-refractivity contribution in [2.75, 3.05) is 7.05 Å². The Kier molecular flexibility index (Phi) is 3.96. The van der Waals surface area contributed by atoms with E-state index in [1.54, 1.807) is 6.07 Å². The first-order valence-electron chi connectivity index (χ1n) is 5.10. The van der Waals surface area contributed by atoms with Crippen molar-refractivity contribution in [3.63, 3.8) is 0 Å². The molecule has 0 aliphatic heterocycles. The largest absolute Gasteiger partial charge is 0.508 e. The number of para-hydroxylation sites is 1. The maximum atomic E-state index is 9.65. The molecule has 2 heteroatoms. The van der Waals surface area contributed by atoms with Crippen molar-refractivity contribution >= 4 is 0 Å². The van der Waals surface area contributed by atoms with E-state index >= 15 is 0 Å². The molecular weight excluding hydrogens is 174 g/mol. The number of aromatic hydroxyl groups is 1. The standard InChI is InChI=1S/C12H19NO/c1-9(8-10(2)13-3)11-6-4-5-7-12(11)14/h4-7,9-10,13-14H,8H2,1-3H3. The van der Waals surface area contributed by atoms with E-state index in [4.69, 9.17) is 0 Å². The zero-order chi connectivity index (χ0) is 10.6. The number of phenols is 1. The topological polar surface area (TPSA) is 32.3 Å². The van der Waals surface area contributed by atoms with Crippen molar-refractivity contribution in [1.29, 1.82) is 0 Å². The van der Waals surface area contributed by atoms with Crippen LogP contribution in [0.15, 0.2) is 24.3 Å². The molecule has 0 saturated heterocycles. The Morgan fingerprint density at radius 1 is 1.29 bits per heavy atom. The van der Waals surface area contributed by atoms with Crippen LogP contribution in [-0.2, 0) is 0 Å². The number of benzene rings is 1. The molecule has 14 heavy (non-hydrogen) atoms. The molecule has 0 heterocycles. The van der Waals surface area contributed by atoms with Crippen molar-refractivity contribution in [3.05, 3.63) is 29.8 Å². The Labute approximate surface area is 86.0 Å². The number of nitrogens with one attached hydrogen (secondary N) is 1. The third kappa shape index (κ3) is 2.74. The maximum Gasteiger partial charge on any atom is 0.119 e. The average molecular weight is 193 g/mol. The summed E-state index contributed by atoms with van der Waals surface area (Å²) < 4.78 is 0. The minimum Gasteiger partial charge on any atom is -0.508 e. The minimum atomic E-state index is 0.388. The summed E-state index contributed by atoms with van der Waals surface area (Å²) in [5, 5.41) is 12.8. The van der Waals surface area contributed by atoms with Crippen LogP contribution in [0.3, 0.4) is 0 Å². The number of phenolic OH excluding ortho intramolecular Hbond substituents is 1. The van der Waals surface area contributed by atoms with E-state index in [2.05, 4.69) is 19.2 Å². The first-order chi connectivity index (χ1) is 6.65. The van der Waals surface area contributed by atoms with E-state index in [9.17, 15) is 5.11 Å². The van der Waals surface area contributed by atoms with Crippen molar-refractivity contribution in [2.24, 2.45) is 0 Å². The molecule has 2 N–H and O–H groups in total. The third-order valence-corrected chi connectivity index (χ3v) is 2.67. The van der Waals surface area contributed by atoms with E-state index in [0.29, 0.717) is 17.7 Å². The summed E-state index contributed by atoms with van der Waals surface area (Å²) in [5.74, 6) is 0.793. The first-order valence-corrected chi connectivity index (χ1v) is 5.10. The van der Waals surface area contributed by atoms with Gasteiger partial charge in [0.15, 0.2) is 0 Å². The first kappa shape index (κ1) is 11.1. The molecule has 1 aromatic rings. The highest BCUT2D eigenvalue weighted by molar-refractivity contribution is 5.34. The second-order valence-corrected chi connectivity index (χ2v) is 3.89. The fraction of sp³-hybridized carbons (Fsp3) is 0.500. The second kappa shape index (κ2) is 5.01. The van der Waals surface area contributed by atoms with Crippen LogP contribution in [0, 0.1) is 0 Å². The van der Waals surface area contributed by atoms with Gasteiger partial charge in [-0.1, -0.05) is 25.1 Å². The zero-order valence-corrected chi connectivity index (χ0v) is 9.12. The van der Waals surface area contributed by atoms with Crippen molar-refractivity contribution in [2.45, 2.75) is 32.2 Å². The monoisotopic (exact) mass is 193 g/mol. The summed E-state index contributed by atoms with van der Waals surface area (Å²) in [4.78, 5) is 0. The fourth-order valence-corrected chi connectivity index (χ4v) is 1.68. The van der Waals surface area contributed by atoms with Crippen LogP contribution in [0.1, 0.15) is 31.7 Å². The van der Waals surface area contributed by atoms with Gasteiger partial charge in [0, 0.05) is 6.04 Å². The van der Waals surface area contributed by atoms with Gasteiger partial charge in [-0.15, -0.1) is 0 Å². The molecule has 78 valence electrons. The normalized spacial score (nSPS) is 15.1. The molecule has 2 atom stereocenters. The molecule has 1 rings (SSSR count). The summed E-state index contributed by atoms with van der Waals surface area (Å²) in [7, 11) is 1.96. The molecule has 0 fully saturated rings. The van der Waals surface area contributed by atoms with Crippen LogP contribution in [0.4, 0.5) is 0 Å². The van der Waals surface area contributed by atoms with Crippen LogP contribution in [0.5, 0.6) is 5.75 Å². The van der Waals surface area contributed by atoms with Crippen LogP contribution in [-0.4, -0.2) is 18.2 Å². The predicted octanol–water partition coefficient (Wildman–Crippen LogP) is 2.49. The summed E-state index contributed by atoms with van der Waals surface area (Å²) in [6, 6.07) is 8.03. The third-order valence-electron chi connectivity index (χ3n) is 2.67. The van der Waals surface area contributed by atoms with Gasteiger partial charge in [0.05, 0.1) is 0 Å². The lowest BCUT2D eigenvalue weighted by atomic mass is 9.94. The summed E-state index contributed by atoms with van der Waals surface area (Å²) >= 11 is 0. The highest BCUT2D eigenvalue weighted by atomic mass is 16.3. The lowest BCUT2D eigenvalue weighted by molar-refractivity contribution is 0.450. The van der Waals surface area contributed by atoms with Gasteiger partial charge in [-0.05, 0) is 37.9 Å². The SMILES string of the molecule is CNC(C)CC(C)c1ccccc1O. The average Bonchev–Trinajstić information content (AvgIpc) is 2.18. The van der Waals surface area contributed by atoms with Gasteiger partial charge >= 0.3 is 0 Å². The molecule has 0 aromatic heterocycles. The Morgan fingerprint density at radius 2 is 1.93 bits per heavy atom. The van der Waals surface area contributed by atoms with Gasteiger partial charge in [-0.3, -0.25) is 0 Å². The van der Waals surface area contributed by atoms with Gasteiger partial charge in [-0.25, -0.2) is 0 Å². The molecule has 0 aliphatic carbocycles. The van der Waals surface area contributed by atoms with E-state index in [0.717, 1.165) is 12.0 Å². The number of rotatable bonds is 4. The van der Waals surface area contributed by atoms with Crippen molar-refractivity contribution < 1.29 is 5.11 Å². The predicted molar refractivity (Wildman–Crippen MR) is 59.7 cm³/mol. The van der Waals surface area contributed by atoms with E-state index in [1.165, 1.54) is 0 Å². The van der Waals surface area contributed by atoms with Gasteiger partial charge in [0.25, 0.3) is 0 Å². The van der Waals surface area contributed by atoms with E-state index < -0.39 is 0 Å². The maximum absolute atomic E-state index is 9.65. The Balaban J connectivity index is 2.69. The van der Waals surface area contributed by atoms with Crippen LogP contribution < -0.4 is 5.32 Å². The smallest absolute Gasteiger partial charge is 0.119 e. The van der Waals surface area contributed by atoms with Gasteiger partial charge in [-0.2, -0.15) is 0 Å². The highest BCUT2D eigenvalue weighted by Gasteiger charge is 2.12. The van der Waals surface area contributed by atoms with Crippen molar-refractivity contribution in [1.82, 2.24) is 5.32 Å². The van der Waals surface area contributed by atoms with Crippen LogP contribution >= 0.6 is 0 Å². The fourth-order valence-electron chi connectivity index (χ4n) is 1.68. The molecule has 0 saturated carbocycles. The van der Waals surface area contributed by atoms with Gasteiger partial charge < -0.3 is 10.4 Å². The molecule has 0 spiro atoms.